The molecular formula is C17H21FN2O4. The smallest absolute Gasteiger partial charge is 0.339 e. The van der Waals surface area contributed by atoms with Crippen molar-refractivity contribution in [3.63, 3.8) is 0 Å². The number of halogens is 1. The zero-order valence-electron chi connectivity index (χ0n) is 13.7. The van der Waals surface area contributed by atoms with Crippen LogP contribution in [0.15, 0.2) is 18.2 Å². The molecule has 1 saturated carbocycles. The Kier molecular flexibility index (Phi) is 5.89. The lowest BCUT2D eigenvalue weighted by molar-refractivity contribution is -0.127. The average molecular weight is 336 g/mol. The van der Waals surface area contributed by atoms with E-state index >= 15 is 0 Å². The van der Waals surface area contributed by atoms with Gasteiger partial charge in [0.25, 0.3) is 5.91 Å². The first kappa shape index (κ1) is 17.9. The van der Waals surface area contributed by atoms with Gasteiger partial charge in [0.2, 0.25) is 0 Å². The predicted molar refractivity (Wildman–Crippen MR) is 84.9 cm³/mol. The van der Waals surface area contributed by atoms with Crippen LogP contribution in [0.25, 0.3) is 0 Å². The summed E-state index contributed by atoms with van der Waals surface area (Å²) in [7, 11) is 0. The molecule has 24 heavy (non-hydrogen) atoms. The molecule has 1 aliphatic carbocycles. The van der Waals surface area contributed by atoms with E-state index in [-0.39, 0.29) is 11.6 Å². The van der Waals surface area contributed by atoms with Crippen molar-refractivity contribution < 1.29 is 23.5 Å². The van der Waals surface area contributed by atoms with Crippen LogP contribution < -0.4 is 10.6 Å². The van der Waals surface area contributed by atoms with Gasteiger partial charge in [0.05, 0.1) is 5.56 Å². The van der Waals surface area contributed by atoms with Crippen molar-refractivity contribution in [2.45, 2.75) is 51.7 Å². The van der Waals surface area contributed by atoms with Crippen molar-refractivity contribution in [3.05, 3.63) is 35.1 Å². The summed E-state index contributed by atoms with van der Waals surface area (Å²) >= 11 is 0. The highest BCUT2D eigenvalue weighted by molar-refractivity contribution is 5.98. The monoisotopic (exact) mass is 336 g/mol. The molecule has 1 atom stereocenters. The van der Waals surface area contributed by atoms with Gasteiger partial charge < -0.3 is 10.1 Å². The van der Waals surface area contributed by atoms with Gasteiger partial charge in [-0.05, 0) is 44.4 Å². The number of benzene rings is 1. The fraction of sp³-hybridized carbons (Fsp3) is 0.471. The molecule has 0 unspecified atom stereocenters. The molecule has 0 bridgehead atoms. The van der Waals surface area contributed by atoms with Gasteiger partial charge in [-0.1, -0.05) is 18.9 Å². The minimum Gasteiger partial charge on any atom is -0.449 e. The van der Waals surface area contributed by atoms with E-state index in [1.807, 2.05) is 0 Å². The minimum absolute atomic E-state index is 0.00755. The van der Waals surface area contributed by atoms with Crippen molar-refractivity contribution in [1.82, 2.24) is 10.6 Å². The maximum absolute atomic E-state index is 13.5. The molecule has 130 valence electrons. The van der Waals surface area contributed by atoms with Crippen LogP contribution in [0.1, 0.15) is 48.5 Å². The van der Waals surface area contributed by atoms with Crippen LogP contribution in [0, 0.1) is 12.7 Å². The number of nitrogens with one attached hydrogen (secondary N) is 2. The number of imide groups is 1. The Bertz CT molecular complexity index is 641. The Morgan fingerprint density at radius 3 is 2.54 bits per heavy atom. The first-order valence-corrected chi connectivity index (χ1v) is 7.95. The van der Waals surface area contributed by atoms with E-state index in [1.165, 1.54) is 19.1 Å². The Morgan fingerprint density at radius 1 is 1.25 bits per heavy atom. The van der Waals surface area contributed by atoms with E-state index in [4.69, 9.17) is 4.74 Å². The van der Waals surface area contributed by atoms with Gasteiger partial charge in [-0.3, -0.25) is 10.1 Å². The second kappa shape index (κ2) is 7.90. The van der Waals surface area contributed by atoms with Crippen LogP contribution in [-0.4, -0.2) is 30.1 Å². The summed E-state index contributed by atoms with van der Waals surface area (Å²) in [6.45, 7) is 2.92. The Balaban J connectivity index is 1.84. The van der Waals surface area contributed by atoms with Crippen molar-refractivity contribution in [3.8, 4) is 0 Å². The molecule has 3 amide bonds. The molecule has 1 aromatic rings. The Morgan fingerprint density at radius 2 is 1.92 bits per heavy atom. The van der Waals surface area contributed by atoms with E-state index in [0.29, 0.717) is 5.56 Å². The molecule has 0 aliphatic heterocycles. The average Bonchev–Trinajstić information content (AvgIpc) is 3.02. The van der Waals surface area contributed by atoms with Crippen molar-refractivity contribution in [1.29, 1.82) is 0 Å². The SMILES string of the molecule is Cc1ccc(C(=O)O[C@H](C)C(=O)NC(=O)NC2CCCC2)cc1F. The number of rotatable bonds is 4. The van der Waals surface area contributed by atoms with Gasteiger partial charge >= 0.3 is 12.0 Å². The number of carbonyl (C=O) groups excluding carboxylic acids is 3. The molecule has 1 fully saturated rings. The highest BCUT2D eigenvalue weighted by Crippen LogP contribution is 2.17. The van der Waals surface area contributed by atoms with Gasteiger partial charge in [0, 0.05) is 6.04 Å². The molecule has 2 N–H and O–H groups in total. The van der Waals surface area contributed by atoms with Crippen molar-refractivity contribution >= 4 is 17.9 Å². The number of amides is 3. The fourth-order valence-corrected chi connectivity index (χ4v) is 2.51. The number of aryl methyl sites for hydroxylation is 1. The van der Waals surface area contributed by atoms with Gasteiger partial charge in [-0.25, -0.2) is 14.0 Å². The summed E-state index contributed by atoms with van der Waals surface area (Å²) in [5, 5.41) is 4.85. The zero-order valence-corrected chi connectivity index (χ0v) is 13.7. The number of hydrogen-bond acceptors (Lipinski definition) is 4. The number of urea groups is 1. The summed E-state index contributed by atoms with van der Waals surface area (Å²) < 4.78 is 18.4. The number of ether oxygens (including phenoxy) is 1. The lowest BCUT2D eigenvalue weighted by atomic mass is 10.1. The first-order chi connectivity index (χ1) is 11.4. The third kappa shape index (κ3) is 4.78. The summed E-state index contributed by atoms with van der Waals surface area (Å²) in [5.74, 6) is -2.09. The maximum Gasteiger partial charge on any atom is 0.339 e. The molecule has 1 aliphatic rings. The second-order valence-electron chi connectivity index (χ2n) is 5.96. The Hall–Kier alpha value is -2.44. The summed E-state index contributed by atoms with van der Waals surface area (Å²) in [4.78, 5) is 35.5. The lowest BCUT2D eigenvalue weighted by Gasteiger charge is -2.15. The molecule has 0 saturated heterocycles. The van der Waals surface area contributed by atoms with E-state index < -0.39 is 29.8 Å². The lowest BCUT2D eigenvalue weighted by Crippen LogP contribution is -2.47. The molecule has 7 heteroatoms. The summed E-state index contributed by atoms with van der Waals surface area (Å²) in [5.41, 5.74) is 0.411. The second-order valence-corrected chi connectivity index (χ2v) is 5.96. The topological polar surface area (TPSA) is 84.5 Å². The molecule has 0 spiro atoms. The van der Waals surface area contributed by atoms with Crippen LogP contribution >= 0.6 is 0 Å². The van der Waals surface area contributed by atoms with Crippen molar-refractivity contribution in [2.24, 2.45) is 0 Å². The normalized spacial score (nSPS) is 15.6. The van der Waals surface area contributed by atoms with Crippen LogP contribution in [0.2, 0.25) is 0 Å². The molecule has 1 aromatic carbocycles. The number of hydrogen-bond donors (Lipinski definition) is 2. The van der Waals surface area contributed by atoms with E-state index in [0.717, 1.165) is 31.7 Å². The third-order valence-corrected chi connectivity index (χ3v) is 3.99. The van der Waals surface area contributed by atoms with Crippen molar-refractivity contribution in [2.75, 3.05) is 0 Å². The van der Waals surface area contributed by atoms with Crippen LogP contribution in [-0.2, 0) is 9.53 Å². The van der Waals surface area contributed by atoms with E-state index in [9.17, 15) is 18.8 Å². The maximum atomic E-state index is 13.5. The van der Waals surface area contributed by atoms with Gasteiger partial charge in [-0.15, -0.1) is 0 Å². The Labute approximate surface area is 139 Å². The molecule has 0 aromatic heterocycles. The predicted octanol–water partition coefficient (Wildman–Crippen LogP) is 2.45. The van der Waals surface area contributed by atoms with E-state index in [2.05, 4.69) is 10.6 Å². The van der Waals surface area contributed by atoms with Crippen LogP contribution in [0.5, 0.6) is 0 Å². The van der Waals surface area contributed by atoms with E-state index in [1.54, 1.807) is 6.92 Å². The van der Waals surface area contributed by atoms with Crippen LogP contribution in [0.3, 0.4) is 0 Å². The molecule has 0 heterocycles. The fourth-order valence-electron chi connectivity index (χ4n) is 2.51. The molecule has 6 nitrogen and oxygen atoms in total. The summed E-state index contributed by atoms with van der Waals surface area (Å²) in [6, 6.07) is 3.39. The van der Waals surface area contributed by atoms with Gasteiger partial charge in [-0.2, -0.15) is 0 Å². The third-order valence-electron chi connectivity index (χ3n) is 3.99. The number of carbonyl (C=O) groups is 3. The van der Waals surface area contributed by atoms with Crippen LogP contribution in [0.4, 0.5) is 9.18 Å². The number of esters is 1. The quantitative estimate of drug-likeness (QED) is 0.827. The molecule has 0 radical (unpaired) electrons. The standard InChI is InChI=1S/C17H21FN2O4/c1-10-7-8-12(9-14(10)18)16(22)24-11(2)15(21)20-17(23)19-13-5-3-4-6-13/h7-9,11,13H,3-6H2,1-2H3,(H2,19,20,21,23)/t11-/m1/s1. The summed E-state index contributed by atoms with van der Waals surface area (Å²) in [6.07, 6.45) is 2.73. The van der Waals surface area contributed by atoms with Gasteiger partial charge in [0.1, 0.15) is 5.82 Å². The molecular weight excluding hydrogens is 315 g/mol. The highest BCUT2D eigenvalue weighted by atomic mass is 19.1. The highest BCUT2D eigenvalue weighted by Gasteiger charge is 2.23. The van der Waals surface area contributed by atoms with Gasteiger partial charge in [0.15, 0.2) is 6.10 Å². The minimum atomic E-state index is -1.17. The zero-order chi connectivity index (χ0) is 17.7. The first-order valence-electron chi connectivity index (χ1n) is 7.95. The largest absolute Gasteiger partial charge is 0.449 e. The molecule has 2 rings (SSSR count).